The Morgan fingerprint density at radius 3 is 2.81 bits per heavy atom. The number of nitrogens with one attached hydrogen (secondary N) is 1. The van der Waals surface area contributed by atoms with Crippen LogP contribution in [0.25, 0.3) is 0 Å². The second-order valence-electron chi connectivity index (χ2n) is 6.67. The van der Waals surface area contributed by atoms with E-state index in [9.17, 15) is 14.7 Å². The summed E-state index contributed by atoms with van der Waals surface area (Å²) < 4.78 is 11.1. The lowest BCUT2D eigenvalue weighted by Gasteiger charge is -2.16. The van der Waals surface area contributed by atoms with Gasteiger partial charge in [0, 0.05) is 6.42 Å². The Kier molecular flexibility index (Phi) is 5.64. The van der Waals surface area contributed by atoms with Crippen molar-refractivity contribution in [1.29, 1.82) is 0 Å². The summed E-state index contributed by atoms with van der Waals surface area (Å²) in [6.07, 6.45) is 0.818. The number of benzene rings is 2. The number of aliphatic carboxylic acids is 1. The van der Waals surface area contributed by atoms with E-state index in [1.165, 1.54) is 0 Å². The van der Waals surface area contributed by atoms with Crippen LogP contribution in [0.2, 0.25) is 0 Å². The maximum atomic E-state index is 12.2. The standard InChI is InChI=1S/C21H23NO5/c1-13-3-4-14(2)18(11-13)27-10-8-19(23)22-20(21(24)25)16-5-6-17-15(12-16)7-9-26-17/h3-6,11-12,20H,7-10H2,1-2H3,(H,22,23)(H,24,25). The third kappa shape index (κ3) is 4.58. The van der Waals surface area contributed by atoms with Crippen LogP contribution in [0.1, 0.15) is 34.7 Å². The van der Waals surface area contributed by atoms with E-state index in [4.69, 9.17) is 9.47 Å². The summed E-state index contributed by atoms with van der Waals surface area (Å²) in [5.74, 6) is 0.0365. The largest absolute Gasteiger partial charge is 0.493 e. The summed E-state index contributed by atoms with van der Waals surface area (Å²) in [6, 6.07) is 9.99. The molecule has 0 saturated carbocycles. The van der Waals surface area contributed by atoms with Crippen molar-refractivity contribution in [1.82, 2.24) is 5.32 Å². The van der Waals surface area contributed by atoms with Gasteiger partial charge in [0.25, 0.3) is 0 Å². The topological polar surface area (TPSA) is 84.9 Å². The number of hydrogen-bond donors (Lipinski definition) is 2. The highest BCUT2D eigenvalue weighted by Crippen LogP contribution is 2.28. The molecule has 142 valence electrons. The van der Waals surface area contributed by atoms with Crippen molar-refractivity contribution in [2.75, 3.05) is 13.2 Å². The molecule has 2 N–H and O–H groups in total. The normalized spacial score (nSPS) is 13.4. The summed E-state index contributed by atoms with van der Waals surface area (Å²) in [6.45, 7) is 4.68. The SMILES string of the molecule is Cc1ccc(C)c(OCCC(=O)NC(C(=O)O)c2ccc3c(c2)CCO3)c1. The second-order valence-corrected chi connectivity index (χ2v) is 6.67. The number of carbonyl (C=O) groups excluding carboxylic acids is 1. The number of amides is 1. The average molecular weight is 369 g/mol. The van der Waals surface area contributed by atoms with Crippen molar-refractivity contribution < 1.29 is 24.2 Å². The van der Waals surface area contributed by atoms with E-state index in [0.717, 1.165) is 34.6 Å². The van der Waals surface area contributed by atoms with E-state index in [1.54, 1.807) is 18.2 Å². The summed E-state index contributed by atoms with van der Waals surface area (Å²) in [5.41, 5.74) is 3.57. The first-order valence-corrected chi connectivity index (χ1v) is 8.92. The van der Waals surface area contributed by atoms with Gasteiger partial charge in [0.15, 0.2) is 6.04 Å². The molecule has 27 heavy (non-hydrogen) atoms. The lowest BCUT2D eigenvalue weighted by molar-refractivity contribution is -0.142. The summed E-state index contributed by atoms with van der Waals surface area (Å²) >= 11 is 0. The van der Waals surface area contributed by atoms with Crippen LogP contribution in [-0.2, 0) is 16.0 Å². The number of aryl methyl sites for hydroxylation is 2. The van der Waals surface area contributed by atoms with Crippen molar-refractivity contribution >= 4 is 11.9 Å². The van der Waals surface area contributed by atoms with Crippen LogP contribution in [0.15, 0.2) is 36.4 Å². The number of carbonyl (C=O) groups is 2. The fourth-order valence-corrected chi connectivity index (χ4v) is 3.02. The van der Waals surface area contributed by atoms with Crippen LogP contribution in [0.3, 0.4) is 0 Å². The number of hydrogen-bond acceptors (Lipinski definition) is 4. The number of rotatable bonds is 7. The zero-order chi connectivity index (χ0) is 19.4. The van der Waals surface area contributed by atoms with Gasteiger partial charge in [-0.15, -0.1) is 0 Å². The van der Waals surface area contributed by atoms with Crippen LogP contribution in [0.5, 0.6) is 11.5 Å². The molecule has 0 aliphatic carbocycles. The van der Waals surface area contributed by atoms with Gasteiger partial charge in [0.1, 0.15) is 11.5 Å². The smallest absolute Gasteiger partial charge is 0.330 e. The fourth-order valence-electron chi connectivity index (χ4n) is 3.02. The average Bonchev–Trinajstić information content (AvgIpc) is 3.10. The van der Waals surface area contributed by atoms with Crippen LogP contribution >= 0.6 is 0 Å². The Hall–Kier alpha value is -3.02. The predicted octanol–water partition coefficient (Wildman–Crippen LogP) is 2.95. The molecule has 1 heterocycles. The maximum absolute atomic E-state index is 12.2. The molecule has 6 heteroatoms. The van der Waals surface area contributed by atoms with E-state index in [0.29, 0.717) is 12.2 Å². The van der Waals surface area contributed by atoms with Gasteiger partial charge in [-0.05, 0) is 54.3 Å². The first-order valence-electron chi connectivity index (χ1n) is 8.92. The third-order valence-electron chi connectivity index (χ3n) is 4.53. The molecule has 0 aromatic heterocycles. The first-order chi connectivity index (χ1) is 12.9. The van der Waals surface area contributed by atoms with Crippen molar-refractivity contribution in [3.05, 3.63) is 58.7 Å². The van der Waals surface area contributed by atoms with Gasteiger partial charge in [-0.25, -0.2) is 4.79 Å². The summed E-state index contributed by atoms with van der Waals surface area (Å²) in [5, 5.41) is 12.1. The molecule has 2 aromatic carbocycles. The van der Waals surface area contributed by atoms with Crippen LogP contribution in [0, 0.1) is 13.8 Å². The predicted molar refractivity (Wildman–Crippen MR) is 100 cm³/mol. The Morgan fingerprint density at radius 2 is 2.04 bits per heavy atom. The zero-order valence-electron chi connectivity index (χ0n) is 15.5. The lowest BCUT2D eigenvalue weighted by atomic mass is 10.0. The molecular formula is C21H23NO5. The molecule has 0 saturated heterocycles. The van der Waals surface area contributed by atoms with Crippen LogP contribution in [0.4, 0.5) is 0 Å². The van der Waals surface area contributed by atoms with Crippen molar-refractivity contribution in [3.63, 3.8) is 0 Å². The third-order valence-corrected chi connectivity index (χ3v) is 4.53. The molecule has 2 aromatic rings. The minimum Gasteiger partial charge on any atom is -0.493 e. The van der Waals surface area contributed by atoms with Gasteiger partial charge in [-0.3, -0.25) is 4.79 Å². The van der Waals surface area contributed by atoms with Crippen molar-refractivity contribution in [3.8, 4) is 11.5 Å². The van der Waals surface area contributed by atoms with E-state index in [1.807, 2.05) is 32.0 Å². The van der Waals surface area contributed by atoms with Crippen LogP contribution in [-0.4, -0.2) is 30.2 Å². The quantitative estimate of drug-likeness (QED) is 0.784. The summed E-state index contributed by atoms with van der Waals surface area (Å²) in [4.78, 5) is 23.9. The molecule has 1 atom stereocenters. The number of carboxylic acid groups (broad SMARTS) is 1. The fraction of sp³-hybridized carbons (Fsp3) is 0.333. The Bertz CT molecular complexity index is 862. The van der Waals surface area contributed by atoms with E-state index in [-0.39, 0.29) is 18.9 Å². The van der Waals surface area contributed by atoms with Crippen molar-refractivity contribution in [2.24, 2.45) is 0 Å². The molecule has 0 radical (unpaired) electrons. The van der Waals surface area contributed by atoms with Gasteiger partial charge in [-0.2, -0.15) is 0 Å². The van der Waals surface area contributed by atoms with E-state index < -0.39 is 12.0 Å². The minimum absolute atomic E-state index is 0.0746. The van der Waals surface area contributed by atoms with E-state index in [2.05, 4.69) is 5.32 Å². The Morgan fingerprint density at radius 1 is 1.22 bits per heavy atom. The summed E-state index contributed by atoms with van der Waals surface area (Å²) in [7, 11) is 0. The Labute approximate surface area is 158 Å². The maximum Gasteiger partial charge on any atom is 0.330 e. The molecule has 1 aliphatic heterocycles. The zero-order valence-corrected chi connectivity index (χ0v) is 15.5. The highest BCUT2D eigenvalue weighted by atomic mass is 16.5. The van der Waals surface area contributed by atoms with Gasteiger partial charge >= 0.3 is 5.97 Å². The molecule has 1 unspecified atom stereocenters. The van der Waals surface area contributed by atoms with Crippen LogP contribution < -0.4 is 14.8 Å². The molecular weight excluding hydrogens is 346 g/mol. The van der Waals surface area contributed by atoms with Gasteiger partial charge < -0.3 is 19.9 Å². The number of ether oxygens (including phenoxy) is 2. The molecule has 1 amide bonds. The molecule has 3 rings (SSSR count). The van der Waals surface area contributed by atoms with Gasteiger partial charge in [0.05, 0.1) is 19.6 Å². The lowest BCUT2D eigenvalue weighted by Crippen LogP contribution is -2.34. The molecule has 1 aliphatic rings. The van der Waals surface area contributed by atoms with E-state index >= 15 is 0 Å². The monoisotopic (exact) mass is 369 g/mol. The molecule has 0 fully saturated rings. The highest BCUT2D eigenvalue weighted by molar-refractivity contribution is 5.84. The molecule has 0 spiro atoms. The Balaban J connectivity index is 1.59. The minimum atomic E-state index is -1.10. The number of fused-ring (bicyclic) bond motifs is 1. The molecule has 6 nitrogen and oxygen atoms in total. The first kappa shape index (κ1) is 18.8. The highest BCUT2D eigenvalue weighted by Gasteiger charge is 2.24. The molecule has 0 bridgehead atoms. The number of carboxylic acids is 1. The second kappa shape index (κ2) is 8.12. The van der Waals surface area contributed by atoms with Crippen molar-refractivity contribution in [2.45, 2.75) is 32.7 Å². The van der Waals surface area contributed by atoms with Gasteiger partial charge in [-0.1, -0.05) is 18.2 Å². The van der Waals surface area contributed by atoms with Gasteiger partial charge in [0.2, 0.25) is 5.91 Å².